The normalized spacial score (nSPS) is 12.1. The van der Waals surface area contributed by atoms with Gasteiger partial charge in [0.15, 0.2) is 6.61 Å². The number of carbonyl (C=O) groups is 1. The molecule has 0 aliphatic carbocycles. The molecule has 0 aromatic heterocycles. The molecule has 7 nitrogen and oxygen atoms in total. The lowest BCUT2D eigenvalue weighted by atomic mass is 10.1. The van der Waals surface area contributed by atoms with Gasteiger partial charge in [-0.15, -0.1) is 0 Å². The van der Waals surface area contributed by atoms with E-state index in [1.807, 2.05) is 61.5 Å². The Morgan fingerprint density at radius 2 is 1.67 bits per heavy atom. The maximum Gasteiger partial charge on any atom is 0.258 e. The molecule has 0 bridgehead atoms. The van der Waals surface area contributed by atoms with Gasteiger partial charge in [0.05, 0.1) is 18.0 Å². The maximum absolute atomic E-state index is 12.6. The van der Waals surface area contributed by atoms with E-state index in [4.69, 9.17) is 9.47 Å². The van der Waals surface area contributed by atoms with Crippen LogP contribution in [0.5, 0.6) is 11.5 Å². The van der Waals surface area contributed by atoms with Gasteiger partial charge in [-0.3, -0.25) is 4.79 Å². The van der Waals surface area contributed by atoms with Crippen molar-refractivity contribution in [3.63, 3.8) is 0 Å². The van der Waals surface area contributed by atoms with E-state index in [-0.39, 0.29) is 30.0 Å². The zero-order valence-electron chi connectivity index (χ0n) is 18.9. The zero-order chi connectivity index (χ0) is 23.8. The Morgan fingerprint density at radius 3 is 2.36 bits per heavy atom. The van der Waals surface area contributed by atoms with Crippen molar-refractivity contribution >= 4 is 15.9 Å². The Bertz CT molecular complexity index is 1200. The number of para-hydroxylation sites is 1. The molecule has 0 radical (unpaired) electrons. The van der Waals surface area contributed by atoms with Crippen molar-refractivity contribution in [1.29, 1.82) is 0 Å². The van der Waals surface area contributed by atoms with Gasteiger partial charge in [0, 0.05) is 12.1 Å². The number of benzene rings is 3. The van der Waals surface area contributed by atoms with Crippen LogP contribution in [-0.4, -0.2) is 28.0 Å². The number of methoxy groups -OCH3 is 1. The largest absolute Gasteiger partial charge is 0.496 e. The minimum Gasteiger partial charge on any atom is -0.496 e. The summed E-state index contributed by atoms with van der Waals surface area (Å²) in [5.41, 5.74) is 2.34. The molecule has 0 unspecified atom stereocenters. The third-order valence-electron chi connectivity index (χ3n) is 5.11. The molecule has 0 aliphatic heterocycles. The summed E-state index contributed by atoms with van der Waals surface area (Å²) in [5.74, 6) is 0.839. The highest BCUT2D eigenvalue weighted by Crippen LogP contribution is 2.25. The molecule has 174 valence electrons. The van der Waals surface area contributed by atoms with Crippen LogP contribution in [0, 0.1) is 6.92 Å². The number of hydrogen-bond acceptors (Lipinski definition) is 5. The van der Waals surface area contributed by atoms with E-state index < -0.39 is 10.0 Å². The van der Waals surface area contributed by atoms with E-state index in [2.05, 4.69) is 10.0 Å². The molecule has 3 aromatic rings. The van der Waals surface area contributed by atoms with Crippen LogP contribution in [0.4, 0.5) is 0 Å². The zero-order valence-corrected chi connectivity index (χ0v) is 19.7. The monoisotopic (exact) mass is 468 g/mol. The van der Waals surface area contributed by atoms with Gasteiger partial charge in [0.2, 0.25) is 10.0 Å². The van der Waals surface area contributed by atoms with Gasteiger partial charge >= 0.3 is 0 Å². The number of hydrogen-bond donors (Lipinski definition) is 2. The maximum atomic E-state index is 12.6. The highest BCUT2D eigenvalue weighted by Gasteiger charge is 2.17. The summed E-state index contributed by atoms with van der Waals surface area (Å²) in [6.45, 7) is 3.60. The van der Waals surface area contributed by atoms with Crippen LogP contribution in [0.25, 0.3) is 0 Å². The van der Waals surface area contributed by atoms with E-state index in [0.717, 1.165) is 11.1 Å². The second-order valence-corrected chi connectivity index (χ2v) is 9.32. The standard InChI is InChI=1S/C25H28N2O5S/c1-18-15-21(33(29,30)26-16-20-9-5-4-6-10-20)13-14-23(18)32-17-25(28)27-19(2)22-11-7-8-12-24(22)31-3/h4-15,19,26H,16-17H2,1-3H3,(H,27,28)/t19-/m1/s1. The van der Waals surface area contributed by atoms with Gasteiger partial charge in [-0.25, -0.2) is 13.1 Å². The van der Waals surface area contributed by atoms with Gasteiger partial charge in [0.1, 0.15) is 11.5 Å². The van der Waals surface area contributed by atoms with Crippen LogP contribution in [0.15, 0.2) is 77.7 Å². The molecule has 0 fully saturated rings. The van der Waals surface area contributed by atoms with Crippen LogP contribution >= 0.6 is 0 Å². The predicted octanol–water partition coefficient (Wildman–Crippen LogP) is 3.74. The number of nitrogens with one attached hydrogen (secondary N) is 2. The molecule has 33 heavy (non-hydrogen) atoms. The van der Waals surface area contributed by atoms with E-state index in [9.17, 15) is 13.2 Å². The smallest absolute Gasteiger partial charge is 0.258 e. The summed E-state index contributed by atoms with van der Waals surface area (Å²) in [4.78, 5) is 12.5. The molecule has 1 atom stereocenters. The number of amides is 1. The van der Waals surface area contributed by atoms with Crippen molar-refractivity contribution < 1.29 is 22.7 Å². The first kappa shape index (κ1) is 24.3. The average molecular weight is 469 g/mol. The Morgan fingerprint density at radius 1 is 0.970 bits per heavy atom. The summed E-state index contributed by atoms with van der Waals surface area (Å²) in [7, 11) is -2.10. The minimum absolute atomic E-state index is 0.137. The predicted molar refractivity (Wildman–Crippen MR) is 127 cm³/mol. The number of sulfonamides is 1. The van der Waals surface area contributed by atoms with Crippen LogP contribution in [0.3, 0.4) is 0 Å². The summed E-state index contributed by atoms with van der Waals surface area (Å²) in [5, 5.41) is 2.88. The summed E-state index contributed by atoms with van der Waals surface area (Å²) in [6.07, 6.45) is 0. The van der Waals surface area contributed by atoms with Crippen LogP contribution in [-0.2, 0) is 21.4 Å². The molecule has 0 saturated heterocycles. The minimum atomic E-state index is -3.68. The van der Waals surface area contributed by atoms with Crippen molar-refractivity contribution in [2.45, 2.75) is 31.3 Å². The first-order chi connectivity index (χ1) is 15.8. The molecule has 1 amide bonds. The van der Waals surface area contributed by atoms with Gasteiger partial charge in [0.25, 0.3) is 5.91 Å². The molecule has 3 rings (SSSR count). The summed E-state index contributed by atoms with van der Waals surface area (Å²) >= 11 is 0. The molecule has 0 heterocycles. The molecule has 3 aromatic carbocycles. The van der Waals surface area contributed by atoms with Gasteiger partial charge in [-0.05, 0) is 49.2 Å². The Kier molecular flexibility index (Phi) is 8.08. The summed E-state index contributed by atoms with van der Waals surface area (Å²) in [6, 6.07) is 21.0. The van der Waals surface area contributed by atoms with Gasteiger partial charge < -0.3 is 14.8 Å². The SMILES string of the molecule is COc1ccccc1[C@@H](C)NC(=O)COc1ccc(S(=O)(=O)NCc2ccccc2)cc1C. The number of carbonyl (C=O) groups excluding carboxylic acids is 1. The van der Waals surface area contributed by atoms with Crippen molar-refractivity contribution in [1.82, 2.24) is 10.0 Å². The molecule has 0 spiro atoms. The van der Waals surface area contributed by atoms with Crippen molar-refractivity contribution in [3.05, 3.63) is 89.5 Å². The van der Waals surface area contributed by atoms with E-state index >= 15 is 0 Å². The van der Waals surface area contributed by atoms with Crippen LogP contribution in [0.2, 0.25) is 0 Å². The Labute approximate surface area is 194 Å². The second-order valence-electron chi connectivity index (χ2n) is 7.56. The van der Waals surface area contributed by atoms with E-state index in [1.165, 1.54) is 12.1 Å². The lowest BCUT2D eigenvalue weighted by molar-refractivity contribution is -0.123. The third kappa shape index (κ3) is 6.57. The van der Waals surface area contributed by atoms with Crippen LogP contribution < -0.4 is 19.5 Å². The lowest BCUT2D eigenvalue weighted by Crippen LogP contribution is -2.31. The molecular weight excluding hydrogens is 440 g/mol. The van der Waals surface area contributed by atoms with Crippen LogP contribution in [0.1, 0.15) is 29.7 Å². The third-order valence-corrected chi connectivity index (χ3v) is 6.51. The molecular formula is C25H28N2O5S. The van der Waals surface area contributed by atoms with Gasteiger partial charge in [-0.2, -0.15) is 0 Å². The molecule has 8 heteroatoms. The number of aryl methyl sites for hydroxylation is 1. The fraction of sp³-hybridized carbons (Fsp3) is 0.240. The highest BCUT2D eigenvalue weighted by atomic mass is 32.2. The fourth-order valence-corrected chi connectivity index (χ4v) is 4.44. The molecule has 0 aliphatic rings. The summed E-state index contributed by atoms with van der Waals surface area (Å²) < 4.78 is 38.8. The Balaban J connectivity index is 1.58. The second kappa shape index (κ2) is 11.0. The molecule has 0 saturated carbocycles. The highest BCUT2D eigenvalue weighted by molar-refractivity contribution is 7.89. The van der Waals surface area contributed by atoms with Crippen molar-refractivity contribution in [2.24, 2.45) is 0 Å². The lowest BCUT2D eigenvalue weighted by Gasteiger charge is -2.18. The van der Waals surface area contributed by atoms with Crippen molar-refractivity contribution in [2.75, 3.05) is 13.7 Å². The molecule has 2 N–H and O–H groups in total. The van der Waals surface area contributed by atoms with Crippen molar-refractivity contribution in [3.8, 4) is 11.5 Å². The van der Waals surface area contributed by atoms with E-state index in [1.54, 1.807) is 20.1 Å². The van der Waals surface area contributed by atoms with E-state index in [0.29, 0.717) is 17.1 Å². The Hall–Kier alpha value is -3.36. The fourth-order valence-electron chi connectivity index (χ4n) is 3.34. The first-order valence-electron chi connectivity index (χ1n) is 10.5. The first-order valence-corrected chi connectivity index (χ1v) is 12.0. The van der Waals surface area contributed by atoms with Gasteiger partial charge in [-0.1, -0.05) is 48.5 Å². The number of ether oxygens (including phenoxy) is 2. The number of rotatable bonds is 10. The topological polar surface area (TPSA) is 93.7 Å². The quantitative estimate of drug-likeness (QED) is 0.473. The average Bonchev–Trinajstić information content (AvgIpc) is 2.82.